The molecule has 0 unspecified atom stereocenters. The van der Waals surface area contributed by atoms with Gasteiger partial charge in [-0.05, 0) is 71.2 Å². The maximum atomic E-state index is 13.2. The van der Waals surface area contributed by atoms with E-state index in [9.17, 15) is 9.59 Å². The highest BCUT2D eigenvalue weighted by Crippen LogP contribution is 2.29. The van der Waals surface area contributed by atoms with Crippen LogP contribution in [-0.2, 0) is 0 Å². The minimum atomic E-state index is 0.235. The fraction of sp³-hybridized carbons (Fsp3) is 0.500. The number of Topliss-reactive ketones (excluding diaryl/α,β-unsaturated/α-hetero) is 2. The van der Waals surface area contributed by atoms with Crippen molar-refractivity contribution in [2.75, 3.05) is 53.4 Å². The fourth-order valence-corrected chi connectivity index (χ4v) is 6.25. The van der Waals surface area contributed by atoms with Gasteiger partial charge in [-0.2, -0.15) is 0 Å². The number of likely N-dealkylation sites (N-methyl/N-ethyl adjacent to an activating group) is 2. The number of hydrogen-bond donors (Lipinski definition) is 0. The molecule has 0 aliphatic carbocycles. The number of benzene rings is 3. The van der Waals surface area contributed by atoms with Crippen LogP contribution in [0.15, 0.2) is 48.5 Å². The molecular weight excluding hydrogens is 444 g/mol. The van der Waals surface area contributed by atoms with Gasteiger partial charge < -0.3 is 8.97 Å². The molecule has 0 radical (unpaired) electrons. The molecule has 190 valence electrons. The summed E-state index contributed by atoms with van der Waals surface area (Å²) in [4.78, 5) is 26.4. The van der Waals surface area contributed by atoms with Crippen molar-refractivity contribution < 1.29 is 18.6 Å². The van der Waals surface area contributed by atoms with Gasteiger partial charge in [0.25, 0.3) is 0 Å². The first-order chi connectivity index (χ1) is 17.1. The van der Waals surface area contributed by atoms with E-state index in [1.807, 2.05) is 12.1 Å². The zero-order valence-corrected chi connectivity index (χ0v) is 22.6. The Morgan fingerprint density at radius 2 is 1.00 bits per heavy atom. The number of likely N-dealkylation sites (tertiary alicyclic amines) is 2. The zero-order valence-electron chi connectivity index (χ0n) is 22.6. The molecule has 0 spiro atoms. The second-order valence-corrected chi connectivity index (χ2v) is 12.6. The lowest BCUT2D eigenvalue weighted by atomic mass is 9.94. The Morgan fingerprint density at radius 1 is 0.639 bits per heavy atom. The van der Waals surface area contributed by atoms with E-state index in [4.69, 9.17) is 0 Å². The Morgan fingerprint density at radius 3 is 1.36 bits per heavy atom. The minimum absolute atomic E-state index is 0.235. The molecule has 2 heterocycles. The maximum absolute atomic E-state index is 13.2. The van der Waals surface area contributed by atoms with E-state index in [-0.39, 0.29) is 11.6 Å². The van der Waals surface area contributed by atoms with E-state index < -0.39 is 0 Å². The first kappa shape index (κ1) is 25.1. The van der Waals surface area contributed by atoms with Gasteiger partial charge in [-0.3, -0.25) is 9.59 Å². The van der Waals surface area contributed by atoms with Crippen LogP contribution in [0.5, 0.6) is 0 Å². The molecule has 4 heteroatoms. The van der Waals surface area contributed by atoms with E-state index in [1.165, 1.54) is 25.7 Å². The van der Waals surface area contributed by atoms with Crippen molar-refractivity contribution in [3.05, 3.63) is 59.7 Å². The van der Waals surface area contributed by atoms with E-state index in [2.05, 4.69) is 64.3 Å². The molecule has 0 aromatic heterocycles. The second-order valence-electron chi connectivity index (χ2n) is 12.6. The third-order valence-electron chi connectivity index (χ3n) is 9.18. The second kappa shape index (κ2) is 9.72. The Bertz CT molecular complexity index is 1190. The molecule has 3 aromatic carbocycles. The van der Waals surface area contributed by atoms with Gasteiger partial charge in [0.05, 0.1) is 40.3 Å². The monoisotopic (exact) mass is 486 g/mol. The lowest BCUT2D eigenvalue weighted by Gasteiger charge is -2.39. The van der Waals surface area contributed by atoms with Gasteiger partial charge in [0.15, 0.2) is 0 Å². The molecule has 2 aliphatic rings. The normalized spacial score (nSPS) is 28.9. The summed E-state index contributed by atoms with van der Waals surface area (Å²) in [7, 11) is 4.45. The van der Waals surface area contributed by atoms with Crippen LogP contribution in [0, 0.1) is 11.8 Å². The summed E-state index contributed by atoms with van der Waals surface area (Å²) < 4.78 is 1.71. The molecule has 2 saturated heterocycles. The van der Waals surface area contributed by atoms with Crippen LogP contribution in [0.4, 0.5) is 0 Å². The van der Waals surface area contributed by atoms with Crippen LogP contribution < -0.4 is 0 Å². The van der Waals surface area contributed by atoms with Gasteiger partial charge in [-0.1, -0.05) is 50.2 Å². The molecule has 0 N–H and O–H groups in total. The number of quaternary nitrogens is 2. The summed E-state index contributed by atoms with van der Waals surface area (Å²) in [5.41, 5.74) is 1.61. The number of ketones is 2. The predicted octanol–water partition coefficient (Wildman–Crippen LogP) is 6.11. The molecule has 2 fully saturated rings. The van der Waals surface area contributed by atoms with Gasteiger partial charge in [-0.15, -0.1) is 0 Å². The molecule has 0 saturated carbocycles. The van der Waals surface area contributed by atoms with Crippen molar-refractivity contribution in [2.45, 2.75) is 39.5 Å². The summed E-state index contributed by atoms with van der Waals surface area (Å²) in [6, 6.07) is 16.5. The minimum Gasteiger partial charge on any atom is -0.320 e. The number of carbonyl (C=O) groups excluding carboxylic acids is 2. The first-order valence-corrected chi connectivity index (χ1v) is 13.8. The van der Waals surface area contributed by atoms with E-state index in [0.717, 1.165) is 79.7 Å². The van der Waals surface area contributed by atoms with Crippen LogP contribution >= 0.6 is 0 Å². The van der Waals surface area contributed by atoms with E-state index in [0.29, 0.717) is 13.1 Å². The Kier molecular flexibility index (Phi) is 6.78. The third kappa shape index (κ3) is 5.26. The summed E-state index contributed by atoms with van der Waals surface area (Å²) in [6.07, 6.45) is 4.82. The summed E-state index contributed by atoms with van der Waals surface area (Å²) in [5.74, 6) is 2.01. The molecule has 3 aromatic rings. The number of carbonyl (C=O) groups is 2. The van der Waals surface area contributed by atoms with E-state index in [1.54, 1.807) is 0 Å². The highest BCUT2D eigenvalue weighted by Gasteiger charge is 2.32. The summed E-state index contributed by atoms with van der Waals surface area (Å²) in [6.45, 7) is 10.1. The highest BCUT2D eigenvalue weighted by atomic mass is 16.1. The van der Waals surface area contributed by atoms with Crippen molar-refractivity contribution in [1.29, 1.82) is 0 Å². The molecule has 0 amide bonds. The summed E-state index contributed by atoms with van der Waals surface area (Å²) >= 11 is 0. The molecule has 36 heavy (non-hydrogen) atoms. The van der Waals surface area contributed by atoms with Crippen molar-refractivity contribution in [1.82, 2.24) is 0 Å². The number of rotatable bonds is 6. The van der Waals surface area contributed by atoms with Crippen LogP contribution in [0.25, 0.3) is 21.5 Å². The van der Waals surface area contributed by atoms with Crippen molar-refractivity contribution >= 4 is 33.1 Å². The van der Waals surface area contributed by atoms with Gasteiger partial charge in [0.1, 0.15) is 13.1 Å². The van der Waals surface area contributed by atoms with E-state index >= 15 is 0 Å². The van der Waals surface area contributed by atoms with Crippen LogP contribution in [0.1, 0.15) is 60.2 Å². The highest BCUT2D eigenvalue weighted by molar-refractivity contribution is 6.11. The number of hydrogen-bond acceptors (Lipinski definition) is 2. The third-order valence-corrected chi connectivity index (χ3v) is 9.18. The largest absolute Gasteiger partial charge is 0.320 e. The van der Waals surface area contributed by atoms with Crippen LogP contribution in [0.3, 0.4) is 0 Å². The first-order valence-electron chi connectivity index (χ1n) is 13.8. The fourth-order valence-electron chi connectivity index (χ4n) is 6.25. The van der Waals surface area contributed by atoms with Gasteiger partial charge in [-0.25, -0.2) is 0 Å². The maximum Gasteiger partial charge on any atom is 0.216 e. The lowest BCUT2D eigenvalue weighted by molar-refractivity contribution is -0.907. The molecule has 5 rings (SSSR count). The van der Waals surface area contributed by atoms with Crippen molar-refractivity contribution in [2.24, 2.45) is 11.8 Å². The van der Waals surface area contributed by atoms with Crippen LogP contribution in [0.2, 0.25) is 0 Å². The number of piperidine rings is 2. The standard InChI is InChI=1S/C32H42N2O2/c1-23-11-15-33(3,16-12-23)21-31(35)27-7-9-29-25(19-27)5-6-26-20-28(8-10-30(26)29)32(36)22-34(4)17-13-24(2)14-18-34/h5-10,19-20,23-24H,11-18,21-22H2,1-4H3/q+2. The molecule has 0 atom stereocenters. The zero-order chi connectivity index (χ0) is 25.5. The number of nitrogens with zero attached hydrogens (tertiary/aromatic N) is 2. The SMILES string of the molecule is CC1CC[N+](C)(CC(=O)c2ccc3c(ccc4cc(C(=O)C[N+]5(C)CCC(C)CC5)ccc43)c2)CC1. The quantitative estimate of drug-likeness (QED) is 0.239. The average Bonchev–Trinajstić information content (AvgIpc) is 2.87. The van der Waals surface area contributed by atoms with Crippen LogP contribution in [-0.4, -0.2) is 73.9 Å². The Hall–Kier alpha value is -2.56. The Balaban J connectivity index is 1.34. The van der Waals surface area contributed by atoms with Gasteiger partial charge in [0, 0.05) is 11.1 Å². The predicted molar refractivity (Wildman–Crippen MR) is 148 cm³/mol. The van der Waals surface area contributed by atoms with Gasteiger partial charge in [0.2, 0.25) is 11.6 Å². The van der Waals surface area contributed by atoms with Crippen molar-refractivity contribution in [3.8, 4) is 0 Å². The smallest absolute Gasteiger partial charge is 0.216 e. The molecular formula is C32H42N2O2+2. The molecule has 4 nitrogen and oxygen atoms in total. The number of fused-ring (bicyclic) bond motifs is 3. The van der Waals surface area contributed by atoms with Gasteiger partial charge >= 0.3 is 0 Å². The average molecular weight is 487 g/mol. The van der Waals surface area contributed by atoms with Crippen molar-refractivity contribution in [3.63, 3.8) is 0 Å². The Labute approximate surface area is 216 Å². The topological polar surface area (TPSA) is 34.1 Å². The molecule has 2 aliphatic heterocycles. The summed E-state index contributed by atoms with van der Waals surface area (Å²) in [5, 5.41) is 4.45. The molecule has 0 bridgehead atoms. The lowest BCUT2D eigenvalue weighted by Crippen LogP contribution is -2.52.